The first-order chi connectivity index (χ1) is 7.22. The first kappa shape index (κ1) is 10.6. The number of carbonyl (C=O) groups is 1. The second-order valence-electron chi connectivity index (χ2n) is 2.84. The second kappa shape index (κ2) is 4.28. The van der Waals surface area contributed by atoms with Crippen molar-refractivity contribution in [2.45, 2.75) is 0 Å². The first-order valence-electron chi connectivity index (χ1n) is 4.08. The van der Waals surface area contributed by atoms with Crippen LogP contribution in [0.15, 0.2) is 37.9 Å². The van der Waals surface area contributed by atoms with Crippen molar-refractivity contribution < 1.29 is 9.32 Å². The molecule has 0 aliphatic carbocycles. The molecule has 0 unspecified atom stereocenters. The molecule has 1 aromatic heterocycles. The predicted octanol–water partition coefficient (Wildman–Crippen LogP) is 3.68. The molecule has 0 atom stereocenters. The summed E-state index contributed by atoms with van der Waals surface area (Å²) in [4.78, 5) is 10.8. The van der Waals surface area contributed by atoms with Crippen LogP contribution in [0, 0.1) is 0 Å². The highest BCUT2D eigenvalue weighted by Gasteiger charge is 2.14. The molecule has 0 spiro atoms. The Balaban J connectivity index is 2.53. The molecule has 1 aromatic carbocycles. The van der Waals surface area contributed by atoms with Gasteiger partial charge in [-0.05, 0) is 28.1 Å². The standard InChI is InChI=1S/C10H5Br2NO2/c11-7-3-1-6(2-4-7)9-8(5-14)10(12)15-13-9/h1-5H. The minimum atomic E-state index is 0.357. The van der Waals surface area contributed by atoms with Crippen molar-refractivity contribution in [2.75, 3.05) is 0 Å². The van der Waals surface area contributed by atoms with Gasteiger partial charge in [-0.1, -0.05) is 33.2 Å². The minimum Gasteiger partial charge on any atom is -0.348 e. The summed E-state index contributed by atoms with van der Waals surface area (Å²) in [6, 6.07) is 7.49. The highest BCUT2D eigenvalue weighted by molar-refractivity contribution is 9.10. The maximum absolute atomic E-state index is 10.8. The summed E-state index contributed by atoms with van der Waals surface area (Å²) >= 11 is 6.46. The quantitative estimate of drug-likeness (QED) is 0.789. The molecule has 0 fully saturated rings. The molecule has 0 saturated carbocycles. The maximum Gasteiger partial charge on any atom is 0.213 e. The third-order valence-electron chi connectivity index (χ3n) is 1.92. The van der Waals surface area contributed by atoms with Crippen LogP contribution in [-0.2, 0) is 0 Å². The highest BCUT2D eigenvalue weighted by Crippen LogP contribution is 2.28. The number of aldehydes is 1. The van der Waals surface area contributed by atoms with E-state index in [1.165, 1.54) is 0 Å². The molecule has 0 bridgehead atoms. The monoisotopic (exact) mass is 329 g/mol. The molecule has 0 aliphatic heterocycles. The number of aromatic nitrogens is 1. The molecule has 3 nitrogen and oxygen atoms in total. The van der Waals surface area contributed by atoms with Crippen molar-refractivity contribution >= 4 is 38.1 Å². The van der Waals surface area contributed by atoms with E-state index in [1.807, 2.05) is 24.3 Å². The zero-order valence-corrected chi connectivity index (χ0v) is 10.6. The van der Waals surface area contributed by atoms with Gasteiger partial charge < -0.3 is 4.52 Å². The van der Waals surface area contributed by atoms with E-state index in [1.54, 1.807) is 0 Å². The normalized spacial score (nSPS) is 10.3. The third-order valence-corrected chi connectivity index (χ3v) is 3.02. The minimum absolute atomic E-state index is 0.357. The number of halogens is 2. The van der Waals surface area contributed by atoms with Crippen molar-refractivity contribution in [3.8, 4) is 11.3 Å². The Bertz CT molecular complexity index is 491. The molecule has 0 saturated heterocycles. The van der Waals surface area contributed by atoms with Crippen LogP contribution < -0.4 is 0 Å². The van der Waals surface area contributed by atoms with Gasteiger partial charge in [-0.2, -0.15) is 0 Å². The van der Waals surface area contributed by atoms with Gasteiger partial charge >= 0.3 is 0 Å². The smallest absolute Gasteiger partial charge is 0.213 e. The van der Waals surface area contributed by atoms with Crippen molar-refractivity contribution in [3.63, 3.8) is 0 Å². The SMILES string of the molecule is O=Cc1c(-c2ccc(Br)cc2)noc1Br. The number of benzene rings is 1. The fourth-order valence-corrected chi connectivity index (χ4v) is 1.81. The van der Waals surface area contributed by atoms with Gasteiger partial charge in [0, 0.05) is 10.0 Å². The van der Waals surface area contributed by atoms with Crippen LogP contribution in [0.3, 0.4) is 0 Å². The summed E-state index contributed by atoms with van der Waals surface area (Å²) in [5.41, 5.74) is 1.82. The Labute approximate surface area is 103 Å². The molecule has 5 heteroatoms. The number of carbonyl (C=O) groups excluding carboxylic acids is 1. The Morgan fingerprint density at radius 1 is 1.20 bits per heavy atom. The maximum atomic E-state index is 10.8. The lowest BCUT2D eigenvalue weighted by Gasteiger charge is -1.96. The van der Waals surface area contributed by atoms with Crippen molar-refractivity contribution in [1.29, 1.82) is 0 Å². The van der Waals surface area contributed by atoms with E-state index >= 15 is 0 Å². The second-order valence-corrected chi connectivity index (χ2v) is 4.48. The van der Waals surface area contributed by atoms with E-state index < -0.39 is 0 Å². The average molecular weight is 331 g/mol. The van der Waals surface area contributed by atoms with Crippen molar-refractivity contribution in [1.82, 2.24) is 5.16 Å². The van der Waals surface area contributed by atoms with Crippen molar-refractivity contribution in [2.24, 2.45) is 0 Å². The largest absolute Gasteiger partial charge is 0.348 e. The number of rotatable bonds is 2. The summed E-state index contributed by atoms with van der Waals surface area (Å²) < 4.78 is 6.23. The van der Waals surface area contributed by atoms with Gasteiger partial charge in [0.25, 0.3) is 0 Å². The zero-order valence-electron chi connectivity index (χ0n) is 7.41. The Hall–Kier alpha value is -0.940. The van der Waals surface area contributed by atoms with Crippen LogP contribution in [0.4, 0.5) is 0 Å². The van der Waals surface area contributed by atoms with E-state index in [0.717, 1.165) is 16.3 Å². The Kier molecular flexibility index (Phi) is 3.02. The molecule has 76 valence electrons. The van der Waals surface area contributed by atoms with Crippen LogP contribution in [0.5, 0.6) is 0 Å². The van der Waals surface area contributed by atoms with Crippen LogP contribution in [0.2, 0.25) is 0 Å². The lowest BCUT2D eigenvalue weighted by atomic mass is 10.1. The molecule has 15 heavy (non-hydrogen) atoms. The highest BCUT2D eigenvalue weighted by atomic mass is 79.9. The fourth-order valence-electron chi connectivity index (χ4n) is 1.20. The van der Waals surface area contributed by atoms with E-state index in [2.05, 4.69) is 37.0 Å². The topological polar surface area (TPSA) is 43.1 Å². The number of hydrogen-bond donors (Lipinski definition) is 0. The van der Waals surface area contributed by atoms with Gasteiger partial charge in [-0.15, -0.1) is 0 Å². The van der Waals surface area contributed by atoms with E-state index in [0.29, 0.717) is 15.9 Å². The molecule has 0 N–H and O–H groups in total. The average Bonchev–Trinajstić information content (AvgIpc) is 2.61. The summed E-state index contributed by atoms with van der Waals surface area (Å²) in [6.45, 7) is 0. The van der Waals surface area contributed by atoms with Gasteiger partial charge in [0.2, 0.25) is 4.67 Å². The van der Waals surface area contributed by atoms with E-state index in [-0.39, 0.29) is 0 Å². The molecular weight excluding hydrogens is 326 g/mol. The summed E-state index contributed by atoms with van der Waals surface area (Å²) in [6.07, 6.45) is 0.720. The van der Waals surface area contributed by atoms with Gasteiger partial charge in [-0.3, -0.25) is 4.79 Å². The molecular formula is C10H5Br2NO2. The molecule has 2 rings (SSSR count). The van der Waals surface area contributed by atoms with Crippen LogP contribution >= 0.6 is 31.9 Å². The molecule has 0 radical (unpaired) electrons. The van der Waals surface area contributed by atoms with E-state index in [4.69, 9.17) is 4.52 Å². The van der Waals surface area contributed by atoms with Gasteiger partial charge in [-0.25, -0.2) is 0 Å². The summed E-state index contributed by atoms with van der Waals surface area (Å²) in [7, 11) is 0. The molecule has 2 aromatic rings. The first-order valence-corrected chi connectivity index (χ1v) is 5.67. The Morgan fingerprint density at radius 2 is 1.87 bits per heavy atom. The van der Waals surface area contributed by atoms with Crippen LogP contribution in [-0.4, -0.2) is 11.4 Å². The molecule has 0 amide bonds. The van der Waals surface area contributed by atoms with Gasteiger partial charge in [0.05, 0.1) is 5.56 Å². The lowest BCUT2D eigenvalue weighted by molar-refractivity contribution is 0.112. The fraction of sp³-hybridized carbons (Fsp3) is 0. The third kappa shape index (κ3) is 2.03. The van der Waals surface area contributed by atoms with Gasteiger partial charge in [0.15, 0.2) is 6.29 Å². The summed E-state index contributed by atoms with van der Waals surface area (Å²) in [5.74, 6) is 0. The van der Waals surface area contributed by atoms with Gasteiger partial charge in [0.1, 0.15) is 5.69 Å². The van der Waals surface area contributed by atoms with Crippen molar-refractivity contribution in [3.05, 3.63) is 39.0 Å². The van der Waals surface area contributed by atoms with Crippen LogP contribution in [0.1, 0.15) is 10.4 Å². The van der Waals surface area contributed by atoms with Crippen LogP contribution in [0.25, 0.3) is 11.3 Å². The Morgan fingerprint density at radius 3 is 2.47 bits per heavy atom. The van der Waals surface area contributed by atoms with E-state index in [9.17, 15) is 4.79 Å². The summed E-state index contributed by atoms with van der Waals surface area (Å²) in [5, 5.41) is 3.82. The molecule has 0 aliphatic rings. The lowest BCUT2D eigenvalue weighted by Crippen LogP contribution is -1.84. The predicted molar refractivity (Wildman–Crippen MR) is 62.7 cm³/mol. The zero-order chi connectivity index (χ0) is 10.8. The number of nitrogens with zero attached hydrogens (tertiary/aromatic N) is 1. The molecule has 1 heterocycles. The number of hydrogen-bond acceptors (Lipinski definition) is 3.